The van der Waals surface area contributed by atoms with Gasteiger partial charge in [-0.05, 0) is 48.9 Å². The summed E-state index contributed by atoms with van der Waals surface area (Å²) in [6, 6.07) is 20.7. The number of benzene rings is 3. The van der Waals surface area contributed by atoms with Crippen molar-refractivity contribution in [1.29, 1.82) is 0 Å². The highest BCUT2D eigenvalue weighted by Gasteiger charge is 2.28. The Balaban J connectivity index is 1.72. The molecule has 0 spiro atoms. The van der Waals surface area contributed by atoms with E-state index in [-0.39, 0.29) is 10.8 Å². The molecule has 1 unspecified atom stereocenters. The molecule has 4 N–H and O–H groups in total. The lowest BCUT2D eigenvalue weighted by atomic mass is 10.1. The predicted molar refractivity (Wildman–Crippen MR) is 133 cm³/mol. The number of hydrogen-bond donors (Lipinski definition) is 4. The van der Waals surface area contributed by atoms with Crippen LogP contribution in [0.4, 0.5) is 11.4 Å². The van der Waals surface area contributed by atoms with E-state index >= 15 is 0 Å². The van der Waals surface area contributed by atoms with Crippen LogP contribution in [0.25, 0.3) is 0 Å². The molecule has 0 aliphatic heterocycles. The predicted octanol–water partition coefficient (Wildman–Crippen LogP) is 2.81. The first-order valence-corrected chi connectivity index (χ1v) is 12.3. The van der Waals surface area contributed by atoms with Gasteiger partial charge in [-0.3, -0.25) is 14.4 Å². The fourth-order valence-electron chi connectivity index (χ4n) is 3.22. The molecule has 0 saturated heterocycles. The monoisotopic (exact) mass is 494 g/mol. The molecule has 3 amide bonds. The molecular formula is C25H26N4O5S. The van der Waals surface area contributed by atoms with Gasteiger partial charge in [0, 0.05) is 18.3 Å². The molecule has 2 atom stereocenters. The van der Waals surface area contributed by atoms with Crippen molar-refractivity contribution < 1.29 is 22.8 Å². The van der Waals surface area contributed by atoms with Crippen molar-refractivity contribution in [3.05, 3.63) is 90.5 Å². The first kappa shape index (κ1) is 25.6. The third-order valence-electron chi connectivity index (χ3n) is 4.93. The fraction of sp³-hybridized carbons (Fsp3) is 0.160. The van der Waals surface area contributed by atoms with E-state index in [0.717, 1.165) is 0 Å². The van der Waals surface area contributed by atoms with Gasteiger partial charge in [-0.2, -0.15) is 4.72 Å². The van der Waals surface area contributed by atoms with Crippen LogP contribution in [0.1, 0.15) is 25.5 Å². The second-order valence-electron chi connectivity index (χ2n) is 7.76. The van der Waals surface area contributed by atoms with Crippen LogP contribution < -0.4 is 20.7 Å². The zero-order valence-corrected chi connectivity index (χ0v) is 20.0. The third kappa shape index (κ3) is 7.23. The molecule has 0 aliphatic carbocycles. The van der Waals surface area contributed by atoms with Crippen LogP contribution in [0.5, 0.6) is 0 Å². The van der Waals surface area contributed by atoms with Gasteiger partial charge in [-0.25, -0.2) is 8.42 Å². The maximum atomic E-state index is 13.0. The highest BCUT2D eigenvalue weighted by molar-refractivity contribution is 7.89. The van der Waals surface area contributed by atoms with E-state index < -0.39 is 33.9 Å². The third-order valence-corrected chi connectivity index (χ3v) is 6.49. The summed E-state index contributed by atoms with van der Waals surface area (Å²) in [7, 11) is -4.04. The Labute approximate surface area is 204 Å². The Morgan fingerprint density at radius 2 is 1.26 bits per heavy atom. The van der Waals surface area contributed by atoms with Crippen molar-refractivity contribution in [2.45, 2.75) is 30.8 Å². The molecule has 182 valence electrons. The van der Waals surface area contributed by atoms with Gasteiger partial charge in [0.25, 0.3) is 5.91 Å². The van der Waals surface area contributed by atoms with Gasteiger partial charge in [0.15, 0.2) is 0 Å². The molecule has 0 aromatic heterocycles. The molecule has 9 nitrogen and oxygen atoms in total. The lowest BCUT2D eigenvalue weighted by molar-refractivity contribution is -0.127. The molecule has 3 rings (SSSR count). The first-order valence-electron chi connectivity index (χ1n) is 10.8. The molecule has 0 saturated carbocycles. The maximum absolute atomic E-state index is 13.0. The molecule has 0 radical (unpaired) electrons. The molecule has 0 bridgehead atoms. The largest absolute Gasteiger partial charge is 0.339 e. The second kappa shape index (κ2) is 11.4. The van der Waals surface area contributed by atoms with E-state index in [0.29, 0.717) is 16.9 Å². The highest BCUT2D eigenvalue weighted by Crippen LogP contribution is 2.18. The van der Waals surface area contributed by atoms with Gasteiger partial charge in [-0.15, -0.1) is 0 Å². The van der Waals surface area contributed by atoms with Gasteiger partial charge in [0.1, 0.15) is 6.04 Å². The minimum absolute atomic E-state index is 0.0762. The van der Waals surface area contributed by atoms with Crippen LogP contribution in [0.15, 0.2) is 89.8 Å². The van der Waals surface area contributed by atoms with E-state index in [1.807, 2.05) is 6.07 Å². The zero-order valence-electron chi connectivity index (χ0n) is 19.2. The first-order chi connectivity index (χ1) is 16.7. The Morgan fingerprint density at radius 3 is 1.83 bits per heavy atom. The van der Waals surface area contributed by atoms with E-state index in [1.165, 1.54) is 38.1 Å². The normalized spacial score (nSPS) is 12.7. The number of rotatable bonds is 9. The summed E-state index contributed by atoms with van der Waals surface area (Å²) >= 11 is 0. The summed E-state index contributed by atoms with van der Waals surface area (Å²) < 4.78 is 27.8. The van der Waals surface area contributed by atoms with Crippen LogP contribution in [0, 0.1) is 0 Å². The standard InChI is InChI=1S/C25H26N4O5S/c1-17(29-35(33,34)22-15-13-21(14-16-22)26-18(2)30)24(31)28-23(19-9-5-3-6-10-19)25(32)27-20-11-7-4-8-12-20/h3-17,23,29H,1-2H3,(H,26,30)(H,27,32)(H,28,31)/t17-,23?/m0/s1. The molecule has 10 heteroatoms. The Bertz CT molecular complexity index is 1280. The van der Waals surface area contributed by atoms with Gasteiger partial charge in [-0.1, -0.05) is 48.5 Å². The Morgan fingerprint density at radius 1 is 0.714 bits per heavy atom. The maximum Gasteiger partial charge on any atom is 0.251 e. The Kier molecular flexibility index (Phi) is 8.34. The minimum atomic E-state index is -4.04. The molecule has 35 heavy (non-hydrogen) atoms. The average Bonchev–Trinajstić information content (AvgIpc) is 2.83. The summed E-state index contributed by atoms with van der Waals surface area (Å²) in [5.41, 5.74) is 1.54. The van der Waals surface area contributed by atoms with Gasteiger partial charge in [0.2, 0.25) is 21.8 Å². The number of carbonyl (C=O) groups is 3. The smallest absolute Gasteiger partial charge is 0.251 e. The average molecular weight is 495 g/mol. The SMILES string of the molecule is CC(=O)Nc1ccc(S(=O)(=O)N[C@@H](C)C(=O)NC(C(=O)Nc2ccccc2)c2ccccc2)cc1. The summed E-state index contributed by atoms with van der Waals surface area (Å²) in [4.78, 5) is 37.0. The number of para-hydroxylation sites is 1. The number of nitrogens with one attached hydrogen (secondary N) is 4. The number of carbonyl (C=O) groups excluding carboxylic acids is 3. The molecule has 0 heterocycles. The summed E-state index contributed by atoms with van der Waals surface area (Å²) in [5.74, 6) is -1.44. The summed E-state index contributed by atoms with van der Waals surface area (Å²) in [6.45, 7) is 2.73. The van der Waals surface area contributed by atoms with Crippen LogP contribution in [0.3, 0.4) is 0 Å². The molecule has 3 aromatic carbocycles. The number of amides is 3. The number of sulfonamides is 1. The highest BCUT2D eigenvalue weighted by atomic mass is 32.2. The van der Waals surface area contributed by atoms with E-state index in [4.69, 9.17) is 0 Å². The van der Waals surface area contributed by atoms with Crippen molar-refractivity contribution in [2.24, 2.45) is 0 Å². The summed E-state index contributed by atoms with van der Waals surface area (Å²) in [5, 5.41) is 7.94. The van der Waals surface area contributed by atoms with Crippen molar-refractivity contribution in [2.75, 3.05) is 10.6 Å². The Hall–Kier alpha value is -4.02. The van der Waals surface area contributed by atoms with Crippen molar-refractivity contribution in [3.63, 3.8) is 0 Å². The van der Waals surface area contributed by atoms with Crippen molar-refractivity contribution in [3.8, 4) is 0 Å². The zero-order chi connectivity index (χ0) is 25.4. The second-order valence-corrected chi connectivity index (χ2v) is 9.47. The van der Waals surface area contributed by atoms with Gasteiger partial charge >= 0.3 is 0 Å². The van der Waals surface area contributed by atoms with Gasteiger partial charge < -0.3 is 16.0 Å². The molecule has 0 fully saturated rings. The lowest BCUT2D eigenvalue weighted by Crippen LogP contribution is -2.47. The van der Waals surface area contributed by atoms with E-state index in [1.54, 1.807) is 54.6 Å². The number of hydrogen-bond acceptors (Lipinski definition) is 5. The van der Waals surface area contributed by atoms with Crippen molar-refractivity contribution >= 4 is 39.1 Å². The lowest BCUT2D eigenvalue weighted by Gasteiger charge is -2.21. The molecular weight excluding hydrogens is 468 g/mol. The number of anilines is 2. The summed E-state index contributed by atoms with van der Waals surface area (Å²) in [6.07, 6.45) is 0. The van der Waals surface area contributed by atoms with Crippen LogP contribution in [0.2, 0.25) is 0 Å². The van der Waals surface area contributed by atoms with E-state index in [2.05, 4.69) is 20.7 Å². The van der Waals surface area contributed by atoms with Gasteiger partial charge in [0.05, 0.1) is 10.9 Å². The quantitative estimate of drug-likeness (QED) is 0.363. The van der Waals surface area contributed by atoms with Crippen LogP contribution in [-0.4, -0.2) is 32.2 Å². The topological polar surface area (TPSA) is 133 Å². The van der Waals surface area contributed by atoms with Crippen molar-refractivity contribution in [1.82, 2.24) is 10.0 Å². The van der Waals surface area contributed by atoms with E-state index in [9.17, 15) is 22.8 Å². The minimum Gasteiger partial charge on any atom is -0.339 e. The van der Waals surface area contributed by atoms with Crippen LogP contribution in [-0.2, 0) is 24.4 Å². The van der Waals surface area contributed by atoms with Crippen LogP contribution >= 0.6 is 0 Å². The molecule has 0 aliphatic rings. The molecule has 3 aromatic rings. The fourth-order valence-corrected chi connectivity index (χ4v) is 4.43.